The van der Waals surface area contributed by atoms with Crippen LogP contribution in [0.25, 0.3) is 11.5 Å². The summed E-state index contributed by atoms with van der Waals surface area (Å²) in [6.07, 6.45) is 0. The molecule has 0 aliphatic carbocycles. The van der Waals surface area contributed by atoms with Crippen LogP contribution < -0.4 is 0 Å². The number of Topliss-reactive ketones (excluding diaryl/α,β-unsaturated/α-hetero) is 1. The van der Waals surface area contributed by atoms with E-state index in [0.717, 1.165) is 5.56 Å². The Balaban J connectivity index is 2.48. The van der Waals surface area contributed by atoms with Crippen LogP contribution in [-0.2, 0) is 0 Å². The van der Waals surface area contributed by atoms with Gasteiger partial charge in [-0.3, -0.25) is 4.79 Å². The SMILES string of the molecule is CC(=O)c1nc(-c2ccccc2)oc1C. The second-order valence-electron chi connectivity index (χ2n) is 3.35. The molecule has 0 fully saturated rings. The third-order valence-electron chi connectivity index (χ3n) is 2.15. The monoisotopic (exact) mass is 201 g/mol. The van der Waals surface area contributed by atoms with Gasteiger partial charge in [0.05, 0.1) is 0 Å². The molecule has 0 aliphatic heterocycles. The topological polar surface area (TPSA) is 43.1 Å². The second kappa shape index (κ2) is 3.69. The average molecular weight is 201 g/mol. The number of oxazole rings is 1. The molecule has 1 aromatic carbocycles. The molecular formula is C12H11NO2. The normalized spacial score (nSPS) is 10.3. The Morgan fingerprint density at radius 1 is 1.27 bits per heavy atom. The average Bonchev–Trinajstić information content (AvgIpc) is 2.62. The summed E-state index contributed by atoms with van der Waals surface area (Å²) in [6.45, 7) is 3.23. The van der Waals surface area contributed by atoms with Crippen LogP contribution in [0.2, 0.25) is 0 Å². The van der Waals surface area contributed by atoms with Crippen molar-refractivity contribution in [3.05, 3.63) is 41.8 Å². The molecule has 0 amide bonds. The molecule has 0 unspecified atom stereocenters. The molecule has 0 bridgehead atoms. The van der Waals surface area contributed by atoms with Crippen LogP contribution in [0.4, 0.5) is 0 Å². The van der Waals surface area contributed by atoms with Gasteiger partial charge in [0.15, 0.2) is 5.78 Å². The molecule has 2 rings (SSSR count). The van der Waals surface area contributed by atoms with Crippen LogP contribution in [0, 0.1) is 6.92 Å². The molecule has 76 valence electrons. The maximum atomic E-state index is 11.2. The van der Waals surface area contributed by atoms with Gasteiger partial charge in [0, 0.05) is 12.5 Å². The number of aryl methyl sites for hydroxylation is 1. The largest absolute Gasteiger partial charge is 0.441 e. The van der Waals surface area contributed by atoms with Crippen LogP contribution in [-0.4, -0.2) is 10.8 Å². The Hall–Kier alpha value is -1.90. The Bertz CT molecular complexity index is 486. The van der Waals surface area contributed by atoms with Crippen molar-refractivity contribution >= 4 is 5.78 Å². The fraction of sp³-hybridized carbons (Fsp3) is 0.167. The molecule has 1 heterocycles. The van der Waals surface area contributed by atoms with Gasteiger partial charge in [0.2, 0.25) is 5.89 Å². The number of hydrogen-bond acceptors (Lipinski definition) is 3. The van der Waals surface area contributed by atoms with Crippen molar-refractivity contribution < 1.29 is 9.21 Å². The minimum atomic E-state index is -0.0709. The van der Waals surface area contributed by atoms with Crippen molar-refractivity contribution in [3.8, 4) is 11.5 Å². The highest BCUT2D eigenvalue weighted by molar-refractivity contribution is 5.93. The van der Waals surface area contributed by atoms with Crippen molar-refractivity contribution in [1.82, 2.24) is 4.98 Å². The highest BCUT2D eigenvalue weighted by Gasteiger charge is 2.13. The van der Waals surface area contributed by atoms with E-state index in [1.807, 2.05) is 30.3 Å². The highest BCUT2D eigenvalue weighted by Crippen LogP contribution is 2.21. The van der Waals surface area contributed by atoms with Crippen molar-refractivity contribution in [2.75, 3.05) is 0 Å². The molecule has 15 heavy (non-hydrogen) atoms. The lowest BCUT2D eigenvalue weighted by Crippen LogP contribution is -1.94. The molecule has 2 aromatic rings. The number of hydrogen-bond donors (Lipinski definition) is 0. The van der Waals surface area contributed by atoms with Gasteiger partial charge < -0.3 is 4.42 Å². The van der Waals surface area contributed by atoms with Gasteiger partial charge in [-0.15, -0.1) is 0 Å². The standard InChI is InChI=1S/C12H11NO2/c1-8(14)11-9(2)15-12(13-11)10-6-4-3-5-7-10/h3-7H,1-2H3. The van der Waals surface area contributed by atoms with Crippen LogP contribution in [0.15, 0.2) is 34.7 Å². The van der Waals surface area contributed by atoms with Gasteiger partial charge in [-0.1, -0.05) is 18.2 Å². The predicted molar refractivity (Wildman–Crippen MR) is 56.7 cm³/mol. The number of aromatic nitrogens is 1. The molecule has 0 saturated carbocycles. The maximum absolute atomic E-state index is 11.2. The van der Waals surface area contributed by atoms with Crippen molar-refractivity contribution in [1.29, 1.82) is 0 Å². The molecule has 0 atom stereocenters. The Morgan fingerprint density at radius 3 is 2.47 bits per heavy atom. The fourth-order valence-electron chi connectivity index (χ4n) is 1.43. The smallest absolute Gasteiger partial charge is 0.226 e. The summed E-state index contributed by atoms with van der Waals surface area (Å²) in [7, 11) is 0. The summed E-state index contributed by atoms with van der Waals surface area (Å²) in [6, 6.07) is 9.53. The van der Waals surface area contributed by atoms with E-state index in [2.05, 4.69) is 4.98 Å². The van der Waals surface area contributed by atoms with Gasteiger partial charge in [0.1, 0.15) is 11.5 Å². The summed E-state index contributed by atoms with van der Waals surface area (Å²) >= 11 is 0. The first-order chi connectivity index (χ1) is 7.18. The lowest BCUT2D eigenvalue weighted by atomic mass is 10.2. The third kappa shape index (κ3) is 1.81. The zero-order valence-electron chi connectivity index (χ0n) is 8.65. The molecule has 0 N–H and O–H groups in total. The quantitative estimate of drug-likeness (QED) is 0.701. The number of ketones is 1. The van der Waals surface area contributed by atoms with E-state index in [4.69, 9.17) is 4.42 Å². The number of rotatable bonds is 2. The van der Waals surface area contributed by atoms with E-state index in [-0.39, 0.29) is 5.78 Å². The Morgan fingerprint density at radius 2 is 1.93 bits per heavy atom. The summed E-state index contributed by atoms with van der Waals surface area (Å²) in [5.74, 6) is 0.998. The van der Waals surface area contributed by atoms with E-state index < -0.39 is 0 Å². The lowest BCUT2D eigenvalue weighted by molar-refractivity contribution is 0.101. The van der Waals surface area contributed by atoms with Crippen molar-refractivity contribution in [3.63, 3.8) is 0 Å². The highest BCUT2D eigenvalue weighted by atomic mass is 16.4. The van der Waals surface area contributed by atoms with E-state index >= 15 is 0 Å². The molecule has 1 aromatic heterocycles. The number of benzene rings is 1. The van der Waals surface area contributed by atoms with E-state index in [9.17, 15) is 4.79 Å². The number of carbonyl (C=O) groups excluding carboxylic acids is 1. The third-order valence-corrected chi connectivity index (χ3v) is 2.15. The number of nitrogens with zero attached hydrogens (tertiary/aromatic N) is 1. The zero-order valence-corrected chi connectivity index (χ0v) is 8.65. The van der Waals surface area contributed by atoms with E-state index in [0.29, 0.717) is 17.3 Å². The maximum Gasteiger partial charge on any atom is 0.226 e. The molecule has 0 spiro atoms. The van der Waals surface area contributed by atoms with Gasteiger partial charge in [-0.2, -0.15) is 0 Å². The van der Waals surface area contributed by atoms with E-state index in [1.165, 1.54) is 6.92 Å². The van der Waals surface area contributed by atoms with Gasteiger partial charge >= 0.3 is 0 Å². The first-order valence-electron chi connectivity index (χ1n) is 4.72. The molecular weight excluding hydrogens is 190 g/mol. The van der Waals surface area contributed by atoms with Gasteiger partial charge in [-0.25, -0.2) is 4.98 Å². The van der Waals surface area contributed by atoms with Gasteiger partial charge in [-0.05, 0) is 19.1 Å². The minimum absolute atomic E-state index is 0.0709. The molecule has 0 radical (unpaired) electrons. The van der Waals surface area contributed by atoms with Crippen molar-refractivity contribution in [2.45, 2.75) is 13.8 Å². The van der Waals surface area contributed by atoms with Crippen molar-refractivity contribution in [2.24, 2.45) is 0 Å². The van der Waals surface area contributed by atoms with Crippen LogP contribution in [0.5, 0.6) is 0 Å². The molecule has 3 nitrogen and oxygen atoms in total. The molecule has 0 aliphatic rings. The molecule has 0 saturated heterocycles. The Kier molecular flexibility index (Phi) is 2.37. The summed E-state index contributed by atoms with van der Waals surface area (Å²) < 4.78 is 5.43. The fourth-order valence-corrected chi connectivity index (χ4v) is 1.43. The lowest BCUT2D eigenvalue weighted by Gasteiger charge is -1.91. The summed E-state index contributed by atoms with van der Waals surface area (Å²) in [5.41, 5.74) is 1.29. The Labute approximate surface area is 87.8 Å². The van der Waals surface area contributed by atoms with Crippen LogP contribution >= 0.6 is 0 Å². The first-order valence-corrected chi connectivity index (χ1v) is 4.72. The zero-order chi connectivity index (χ0) is 10.8. The number of carbonyl (C=O) groups is 1. The summed E-state index contributed by atoms with van der Waals surface area (Å²) in [4.78, 5) is 15.4. The first kappa shape index (κ1) is 9.65. The summed E-state index contributed by atoms with van der Waals surface area (Å²) in [5, 5.41) is 0. The van der Waals surface area contributed by atoms with Crippen LogP contribution in [0.3, 0.4) is 0 Å². The van der Waals surface area contributed by atoms with Gasteiger partial charge in [0.25, 0.3) is 0 Å². The predicted octanol–water partition coefficient (Wildman–Crippen LogP) is 2.85. The minimum Gasteiger partial charge on any atom is -0.441 e. The second-order valence-corrected chi connectivity index (χ2v) is 3.35. The molecule has 3 heteroatoms. The van der Waals surface area contributed by atoms with Crippen LogP contribution in [0.1, 0.15) is 23.2 Å². The van der Waals surface area contributed by atoms with E-state index in [1.54, 1.807) is 6.92 Å².